The summed E-state index contributed by atoms with van der Waals surface area (Å²) >= 11 is 1.38. The fourth-order valence-electron chi connectivity index (χ4n) is 3.22. The van der Waals surface area contributed by atoms with Gasteiger partial charge < -0.3 is 9.64 Å². The fraction of sp³-hybridized carbons (Fsp3) is 0.316. The van der Waals surface area contributed by atoms with E-state index in [1.165, 1.54) is 23.5 Å². The Balaban J connectivity index is 1.36. The SMILES string of the molecule is Cc1ncsc1C(=O)N1CC[C@@H](c2cc(COc3cccc(F)c3)[nH]n2)C1. The van der Waals surface area contributed by atoms with Gasteiger partial charge in [-0.15, -0.1) is 11.3 Å². The molecule has 0 radical (unpaired) electrons. The van der Waals surface area contributed by atoms with E-state index in [-0.39, 0.29) is 24.2 Å². The molecule has 1 aliphatic heterocycles. The molecule has 0 spiro atoms. The van der Waals surface area contributed by atoms with E-state index in [9.17, 15) is 9.18 Å². The molecule has 1 N–H and O–H groups in total. The van der Waals surface area contributed by atoms with Gasteiger partial charge in [-0.1, -0.05) is 6.07 Å². The highest BCUT2D eigenvalue weighted by Gasteiger charge is 2.30. The third-order valence-corrected chi connectivity index (χ3v) is 5.59. The van der Waals surface area contributed by atoms with Crippen LogP contribution in [0, 0.1) is 12.7 Å². The normalized spacial score (nSPS) is 16.7. The average Bonchev–Trinajstić information content (AvgIpc) is 3.40. The Kier molecular flexibility index (Phi) is 4.89. The van der Waals surface area contributed by atoms with Crippen LogP contribution < -0.4 is 4.74 Å². The largest absolute Gasteiger partial charge is 0.487 e. The van der Waals surface area contributed by atoms with Crippen molar-refractivity contribution < 1.29 is 13.9 Å². The van der Waals surface area contributed by atoms with E-state index in [1.807, 2.05) is 17.9 Å². The molecule has 3 heterocycles. The van der Waals surface area contributed by atoms with Gasteiger partial charge in [0, 0.05) is 25.1 Å². The van der Waals surface area contributed by atoms with Crippen LogP contribution in [0.3, 0.4) is 0 Å². The first-order valence-electron chi connectivity index (χ1n) is 8.72. The number of benzene rings is 1. The van der Waals surface area contributed by atoms with Gasteiger partial charge in [0.15, 0.2) is 0 Å². The number of nitrogens with one attached hydrogen (secondary N) is 1. The van der Waals surface area contributed by atoms with Crippen molar-refractivity contribution in [2.75, 3.05) is 13.1 Å². The third-order valence-electron chi connectivity index (χ3n) is 4.67. The summed E-state index contributed by atoms with van der Waals surface area (Å²) in [6, 6.07) is 8.00. The van der Waals surface area contributed by atoms with Crippen LogP contribution in [0.5, 0.6) is 5.75 Å². The van der Waals surface area contributed by atoms with Gasteiger partial charge in [-0.05, 0) is 31.5 Å². The minimum Gasteiger partial charge on any atom is -0.487 e. The average molecular weight is 386 g/mol. The number of thiazole rings is 1. The number of rotatable bonds is 5. The van der Waals surface area contributed by atoms with Crippen molar-refractivity contribution in [3.05, 3.63) is 63.6 Å². The maximum Gasteiger partial charge on any atom is 0.265 e. The van der Waals surface area contributed by atoms with Gasteiger partial charge in [0.1, 0.15) is 23.1 Å². The highest BCUT2D eigenvalue weighted by atomic mass is 32.1. The maximum atomic E-state index is 13.2. The quantitative estimate of drug-likeness (QED) is 0.728. The summed E-state index contributed by atoms with van der Waals surface area (Å²) in [5.74, 6) is 0.387. The number of carbonyl (C=O) groups excluding carboxylic acids is 1. The smallest absolute Gasteiger partial charge is 0.265 e. The topological polar surface area (TPSA) is 71.1 Å². The maximum absolute atomic E-state index is 13.2. The Morgan fingerprint density at radius 2 is 2.33 bits per heavy atom. The van der Waals surface area contributed by atoms with Gasteiger partial charge in [-0.3, -0.25) is 9.89 Å². The standard InChI is InChI=1S/C19H19FN4O2S/c1-12-18(27-11-21-12)19(25)24-6-5-13(9-24)17-8-15(22-23-17)10-26-16-4-2-3-14(20)7-16/h2-4,7-8,11,13H,5-6,9-10H2,1H3,(H,22,23)/t13-/m1/s1. The molecule has 140 valence electrons. The molecule has 1 atom stereocenters. The van der Waals surface area contributed by atoms with Crippen LogP contribution in [-0.2, 0) is 6.61 Å². The molecule has 0 unspecified atom stereocenters. The van der Waals surface area contributed by atoms with E-state index in [0.29, 0.717) is 23.7 Å². The van der Waals surface area contributed by atoms with E-state index in [1.54, 1.807) is 17.6 Å². The van der Waals surface area contributed by atoms with Crippen molar-refractivity contribution in [3.63, 3.8) is 0 Å². The van der Waals surface area contributed by atoms with Gasteiger partial charge >= 0.3 is 0 Å². The van der Waals surface area contributed by atoms with Gasteiger partial charge in [-0.25, -0.2) is 9.37 Å². The lowest BCUT2D eigenvalue weighted by Crippen LogP contribution is -2.28. The Bertz CT molecular complexity index is 955. The second-order valence-corrected chi connectivity index (χ2v) is 7.42. The van der Waals surface area contributed by atoms with Crippen molar-refractivity contribution in [1.82, 2.24) is 20.1 Å². The van der Waals surface area contributed by atoms with E-state index in [4.69, 9.17) is 4.74 Å². The summed E-state index contributed by atoms with van der Waals surface area (Å²) in [6.45, 7) is 3.50. The van der Waals surface area contributed by atoms with Crippen molar-refractivity contribution in [2.24, 2.45) is 0 Å². The summed E-state index contributed by atoms with van der Waals surface area (Å²) in [5, 5.41) is 7.34. The molecule has 0 saturated carbocycles. The Morgan fingerprint density at radius 1 is 1.44 bits per heavy atom. The number of carbonyl (C=O) groups is 1. The Labute approximate surface area is 160 Å². The van der Waals surface area contributed by atoms with Crippen molar-refractivity contribution in [1.29, 1.82) is 0 Å². The lowest BCUT2D eigenvalue weighted by Gasteiger charge is -2.15. The lowest BCUT2D eigenvalue weighted by molar-refractivity contribution is 0.0794. The third kappa shape index (κ3) is 3.85. The fourth-order valence-corrected chi connectivity index (χ4v) is 3.99. The van der Waals surface area contributed by atoms with Crippen LogP contribution in [0.2, 0.25) is 0 Å². The number of aromatic amines is 1. The second kappa shape index (κ2) is 7.48. The first-order valence-corrected chi connectivity index (χ1v) is 9.60. The van der Waals surface area contributed by atoms with Crippen LogP contribution >= 0.6 is 11.3 Å². The zero-order valence-electron chi connectivity index (χ0n) is 14.8. The molecule has 0 bridgehead atoms. The van der Waals surface area contributed by atoms with E-state index in [2.05, 4.69) is 15.2 Å². The van der Waals surface area contributed by atoms with E-state index >= 15 is 0 Å². The highest BCUT2D eigenvalue weighted by Crippen LogP contribution is 2.28. The first kappa shape index (κ1) is 17.7. The van der Waals surface area contributed by atoms with Crippen molar-refractivity contribution >= 4 is 17.2 Å². The molecule has 1 saturated heterocycles. The summed E-state index contributed by atoms with van der Waals surface area (Å²) < 4.78 is 18.8. The van der Waals surface area contributed by atoms with Crippen LogP contribution in [-0.4, -0.2) is 39.1 Å². The van der Waals surface area contributed by atoms with E-state index in [0.717, 1.165) is 23.5 Å². The molecule has 1 aromatic carbocycles. The van der Waals surface area contributed by atoms with Gasteiger partial charge in [0.05, 0.1) is 22.6 Å². The molecular weight excluding hydrogens is 367 g/mol. The minimum atomic E-state index is -0.329. The molecule has 1 aliphatic rings. The van der Waals surface area contributed by atoms with Crippen molar-refractivity contribution in [3.8, 4) is 5.75 Å². The lowest BCUT2D eigenvalue weighted by atomic mass is 10.1. The molecule has 4 rings (SSSR count). The molecule has 27 heavy (non-hydrogen) atoms. The number of amides is 1. The zero-order chi connectivity index (χ0) is 18.8. The summed E-state index contributed by atoms with van der Waals surface area (Å²) in [4.78, 5) is 19.3. The Hall–Kier alpha value is -2.74. The van der Waals surface area contributed by atoms with Crippen LogP contribution in [0.15, 0.2) is 35.8 Å². The van der Waals surface area contributed by atoms with Crippen molar-refractivity contribution in [2.45, 2.75) is 25.9 Å². The van der Waals surface area contributed by atoms with Gasteiger partial charge in [0.2, 0.25) is 0 Å². The summed E-state index contributed by atoms with van der Waals surface area (Å²) in [6.07, 6.45) is 0.874. The molecule has 3 aromatic rings. The molecule has 1 amide bonds. The van der Waals surface area contributed by atoms with Crippen LogP contribution in [0.25, 0.3) is 0 Å². The number of hydrogen-bond acceptors (Lipinski definition) is 5. The summed E-state index contributed by atoms with van der Waals surface area (Å²) in [5.41, 5.74) is 4.22. The second-order valence-electron chi connectivity index (χ2n) is 6.57. The van der Waals surface area contributed by atoms with Crippen LogP contribution in [0.1, 0.15) is 39.1 Å². The molecule has 1 fully saturated rings. The van der Waals surface area contributed by atoms with E-state index < -0.39 is 0 Å². The number of H-pyrrole nitrogens is 1. The number of aryl methyl sites for hydroxylation is 1. The predicted molar refractivity (Wildman–Crippen MR) is 99.4 cm³/mol. The number of hydrogen-bond donors (Lipinski definition) is 1. The number of likely N-dealkylation sites (tertiary alicyclic amines) is 1. The molecule has 0 aliphatic carbocycles. The number of halogens is 1. The predicted octanol–water partition coefficient (Wildman–Crippen LogP) is 3.52. The monoisotopic (exact) mass is 386 g/mol. The molecule has 8 heteroatoms. The number of ether oxygens (including phenoxy) is 1. The summed E-state index contributed by atoms with van der Waals surface area (Å²) in [7, 11) is 0. The number of nitrogens with zero attached hydrogens (tertiary/aromatic N) is 3. The van der Waals surface area contributed by atoms with Gasteiger partial charge in [0.25, 0.3) is 5.91 Å². The Morgan fingerprint density at radius 3 is 3.11 bits per heavy atom. The number of aromatic nitrogens is 3. The molecule has 6 nitrogen and oxygen atoms in total. The molecule has 2 aromatic heterocycles. The highest BCUT2D eigenvalue weighted by molar-refractivity contribution is 7.11. The van der Waals surface area contributed by atoms with Gasteiger partial charge in [-0.2, -0.15) is 5.10 Å². The first-order chi connectivity index (χ1) is 13.1. The zero-order valence-corrected chi connectivity index (χ0v) is 15.6. The minimum absolute atomic E-state index is 0.0442. The molecular formula is C19H19FN4O2S. The van der Waals surface area contributed by atoms with Crippen LogP contribution in [0.4, 0.5) is 4.39 Å².